The second-order valence-corrected chi connectivity index (χ2v) is 9.64. The van der Waals surface area contributed by atoms with Crippen molar-refractivity contribution in [3.8, 4) is 0 Å². The molecule has 0 spiro atoms. The normalized spacial score (nSPS) is 15.4. The predicted octanol–water partition coefficient (Wildman–Crippen LogP) is 5.29. The lowest BCUT2D eigenvalue weighted by molar-refractivity contribution is -0.122. The Morgan fingerprint density at radius 2 is 1.59 bits per heavy atom. The highest BCUT2D eigenvalue weighted by Gasteiger charge is 2.38. The van der Waals surface area contributed by atoms with Crippen molar-refractivity contribution >= 4 is 34.8 Å². The molecule has 0 aromatic heterocycles. The fourth-order valence-electron chi connectivity index (χ4n) is 4.00. The van der Waals surface area contributed by atoms with Gasteiger partial charge in [-0.15, -0.1) is 0 Å². The quantitative estimate of drug-likeness (QED) is 0.561. The van der Waals surface area contributed by atoms with Crippen LogP contribution in [-0.4, -0.2) is 23.8 Å². The van der Waals surface area contributed by atoms with Crippen LogP contribution in [0.4, 0.5) is 17.1 Å². The third kappa shape index (κ3) is 4.86. The average Bonchev–Trinajstić information content (AvgIpc) is 2.80. The zero-order valence-corrected chi connectivity index (χ0v) is 19.9. The van der Waals surface area contributed by atoms with Crippen molar-refractivity contribution in [3.05, 3.63) is 89.5 Å². The number of benzene rings is 3. The molecule has 1 aliphatic rings. The van der Waals surface area contributed by atoms with Gasteiger partial charge in [0.2, 0.25) is 11.8 Å². The van der Waals surface area contributed by atoms with Crippen molar-refractivity contribution in [1.82, 2.24) is 0 Å². The molecule has 0 aliphatic carbocycles. The number of hydrogen-bond acceptors (Lipinski definition) is 3. The van der Waals surface area contributed by atoms with Gasteiger partial charge >= 0.3 is 0 Å². The number of fused-ring (bicyclic) bond motifs is 1. The summed E-state index contributed by atoms with van der Waals surface area (Å²) in [6.45, 7) is 8.29. The van der Waals surface area contributed by atoms with E-state index in [4.69, 9.17) is 0 Å². The lowest BCUT2D eigenvalue weighted by atomic mass is 9.86. The predicted molar refractivity (Wildman–Crippen MR) is 135 cm³/mol. The molecule has 3 amide bonds. The van der Waals surface area contributed by atoms with Crippen molar-refractivity contribution < 1.29 is 14.4 Å². The van der Waals surface area contributed by atoms with E-state index < -0.39 is 11.9 Å². The minimum atomic E-state index is -0.977. The van der Waals surface area contributed by atoms with E-state index in [0.717, 1.165) is 11.1 Å². The molecule has 174 valence electrons. The molecule has 1 unspecified atom stereocenters. The maximum absolute atomic E-state index is 13.7. The number of carbonyl (C=O) groups is 3. The molecule has 0 radical (unpaired) electrons. The van der Waals surface area contributed by atoms with Crippen molar-refractivity contribution in [1.29, 1.82) is 0 Å². The van der Waals surface area contributed by atoms with Crippen molar-refractivity contribution in [2.24, 2.45) is 0 Å². The number of rotatable bonds is 4. The highest BCUT2D eigenvalue weighted by Crippen LogP contribution is 2.34. The van der Waals surface area contributed by atoms with Crippen LogP contribution in [-0.2, 0) is 15.0 Å². The van der Waals surface area contributed by atoms with E-state index in [2.05, 4.69) is 31.4 Å². The second kappa shape index (κ2) is 9.14. The highest BCUT2D eigenvalue weighted by atomic mass is 16.2. The lowest BCUT2D eigenvalue weighted by Crippen LogP contribution is -2.52. The summed E-state index contributed by atoms with van der Waals surface area (Å²) in [6, 6.07) is 21.0. The first kappa shape index (κ1) is 23.2. The van der Waals surface area contributed by atoms with Crippen LogP contribution in [0.15, 0.2) is 72.8 Å². The Morgan fingerprint density at radius 1 is 0.941 bits per heavy atom. The van der Waals surface area contributed by atoms with Crippen molar-refractivity contribution in [2.75, 3.05) is 15.5 Å². The summed E-state index contributed by atoms with van der Waals surface area (Å²) in [5, 5.41) is 5.67. The first-order valence-corrected chi connectivity index (χ1v) is 11.3. The number of amides is 3. The minimum absolute atomic E-state index is 0.0458. The standard InChI is InChI=1S/C28H29N3O3/c1-18-9-15-21(16-10-18)29-25(32)17-24-26(33)30-22-7-5-6-8-23(22)31(24)27(34)19-11-13-20(14-12-19)28(2,3)4/h5-16,24H,17H2,1-4H3,(H,29,32)(H,30,33). The monoisotopic (exact) mass is 455 g/mol. The Morgan fingerprint density at radius 3 is 2.24 bits per heavy atom. The van der Waals surface area contributed by atoms with Gasteiger partial charge < -0.3 is 10.6 Å². The Kier molecular flexibility index (Phi) is 6.24. The van der Waals surface area contributed by atoms with Crippen LogP contribution in [0.1, 0.15) is 48.7 Å². The Labute approximate surface area is 200 Å². The number of anilines is 3. The molecule has 3 aromatic rings. The fraction of sp³-hybridized carbons (Fsp3) is 0.250. The molecular weight excluding hydrogens is 426 g/mol. The zero-order valence-electron chi connectivity index (χ0n) is 19.9. The molecule has 0 saturated heterocycles. The van der Waals surface area contributed by atoms with Gasteiger partial charge in [-0.2, -0.15) is 0 Å². The van der Waals surface area contributed by atoms with Crippen molar-refractivity contribution in [3.63, 3.8) is 0 Å². The van der Waals surface area contributed by atoms with Crippen LogP contribution < -0.4 is 15.5 Å². The van der Waals surface area contributed by atoms with Crippen LogP contribution in [0.2, 0.25) is 0 Å². The summed E-state index contributed by atoms with van der Waals surface area (Å²) in [7, 11) is 0. The number of aryl methyl sites for hydroxylation is 1. The van der Waals surface area contributed by atoms with E-state index in [1.54, 1.807) is 30.3 Å². The molecule has 0 fully saturated rings. The summed E-state index contributed by atoms with van der Waals surface area (Å²) in [5.74, 6) is -1.06. The third-order valence-electron chi connectivity index (χ3n) is 5.97. The van der Waals surface area contributed by atoms with E-state index in [9.17, 15) is 14.4 Å². The van der Waals surface area contributed by atoms with Gasteiger partial charge in [0.15, 0.2) is 0 Å². The van der Waals surface area contributed by atoms with Crippen LogP contribution in [0.3, 0.4) is 0 Å². The van der Waals surface area contributed by atoms with Gasteiger partial charge in [-0.05, 0) is 54.3 Å². The molecule has 34 heavy (non-hydrogen) atoms. The molecule has 2 N–H and O–H groups in total. The Bertz CT molecular complexity index is 1230. The largest absolute Gasteiger partial charge is 0.326 e. The molecule has 0 bridgehead atoms. The highest BCUT2D eigenvalue weighted by molar-refractivity contribution is 6.17. The Hall–Kier alpha value is -3.93. The maximum Gasteiger partial charge on any atom is 0.259 e. The average molecular weight is 456 g/mol. The maximum atomic E-state index is 13.7. The van der Waals surface area contributed by atoms with E-state index >= 15 is 0 Å². The third-order valence-corrected chi connectivity index (χ3v) is 5.97. The van der Waals surface area contributed by atoms with Gasteiger partial charge in [-0.25, -0.2) is 0 Å². The first-order chi connectivity index (χ1) is 16.1. The first-order valence-electron chi connectivity index (χ1n) is 11.3. The molecule has 1 heterocycles. The van der Waals surface area contributed by atoms with Crippen molar-refractivity contribution in [2.45, 2.75) is 45.6 Å². The van der Waals surface area contributed by atoms with Gasteiger partial charge in [0.05, 0.1) is 17.8 Å². The number of nitrogens with one attached hydrogen (secondary N) is 2. The summed E-state index contributed by atoms with van der Waals surface area (Å²) in [6.07, 6.45) is -0.167. The molecule has 6 nitrogen and oxygen atoms in total. The molecule has 1 atom stereocenters. The summed E-state index contributed by atoms with van der Waals surface area (Å²) < 4.78 is 0. The smallest absolute Gasteiger partial charge is 0.259 e. The number of carbonyl (C=O) groups excluding carboxylic acids is 3. The molecule has 6 heteroatoms. The second-order valence-electron chi connectivity index (χ2n) is 9.64. The Balaban J connectivity index is 1.64. The number of nitrogens with zero attached hydrogens (tertiary/aromatic N) is 1. The summed E-state index contributed by atoms with van der Waals surface area (Å²) in [4.78, 5) is 41.0. The minimum Gasteiger partial charge on any atom is -0.326 e. The number of para-hydroxylation sites is 2. The van der Waals surface area contributed by atoms with E-state index in [1.807, 2.05) is 49.4 Å². The molecule has 0 saturated carbocycles. The molecule has 3 aromatic carbocycles. The number of hydrogen-bond donors (Lipinski definition) is 2. The van der Waals surface area contributed by atoms with Gasteiger partial charge in [-0.1, -0.05) is 62.7 Å². The van der Waals surface area contributed by atoms with Crippen LogP contribution >= 0.6 is 0 Å². The molecule has 1 aliphatic heterocycles. The SMILES string of the molecule is Cc1ccc(NC(=O)CC2C(=O)Nc3ccccc3N2C(=O)c2ccc(C(C)(C)C)cc2)cc1. The van der Waals surface area contributed by atoms with E-state index in [1.165, 1.54) is 4.90 Å². The van der Waals surface area contributed by atoms with Gasteiger partial charge in [-0.3, -0.25) is 19.3 Å². The van der Waals surface area contributed by atoms with Gasteiger partial charge in [0.1, 0.15) is 6.04 Å². The van der Waals surface area contributed by atoms with E-state index in [0.29, 0.717) is 22.6 Å². The van der Waals surface area contributed by atoms with E-state index in [-0.39, 0.29) is 23.7 Å². The van der Waals surface area contributed by atoms with Gasteiger partial charge in [0, 0.05) is 11.3 Å². The van der Waals surface area contributed by atoms with Gasteiger partial charge in [0.25, 0.3) is 5.91 Å². The summed E-state index contributed by atoms with van der Waals surface area (Å²) in [5.41, 5.74) is 4.35. The molecular formula is C28H29N3O3. The fourth-order valence-corrected chi connectivity index (χ4v) is 4.00. The summed E-state index contributed by atoms with van der Waals surface area (Å²) >= 11 is 0. The lowest BCUT2D eigenvalue weighted by Gasteiger charge is -2.36. The van der Waals surface area contributed by atoms with Crippen LogP contribution in [0.25, 0.3) is 0 Å². The molecule has 4 rings (SSSR count). The topological polar surface area (TPSA) is 78.5 Å². The zero-order chi connectivity index (χ0) is 24.5. The van der Waals surface area contributed by atoms with Crippen LogP contribution in [0.5, 0.6) is 0 Å². The van der Waals surface area contributed by atoms with Crippen LogP contribution in [0, 0.1) is 6.92 Å².